The molecule has 1 aliphatic heterocycles. The summed E-state index contributed by atoms with van der Waals surface area (Å²) < 4.78 is 31.1. The average Bonchev–Trinajstić information content (AvgIpc) is 3.00. The smallest absolute Gasteiger partial charge is 0.353 e. The van der Waals surface area contributed by atoms with E-state index in [1.807, 2.05) is 0 Å². The number of esters is 2. The average molecular weight is 386 g/mol. The predicted octanol–water partition coefficient (Wildman–Crippen LogP) is 3.06. The molecule has 3 rings (SSSR count). The summed E-state index contributed by atoms with van der Waals surface area (Å²) in [7, 11) is 1.45. The number of hydrogen-bond donors (Lipinski definition) is 0. The van der Waals surface area contributed by atoms with E-state index in [1.165, 1.54) is 31.4 Å². The number of ketones is 1. The number of alkyl halides is 1. The molecule has 3 atom stereocenters. The zero-order chi connectivity index (χ0) is 20.3. The monoisotopic (exact) mass is 386 g/mol. The van der Waals surface area contributed by atoms with Crippen molar-refractivity contribution in [3.63, 3.8) is 0 Å². The Bertz CT molecular complexity index is 880. The minimum absolute atomic E-state index is 0.0299. The molecule has 0 unspecified atom stereocenters. The van der Waals surface area contributed by atoms with Crippen LogP contribution in [0.25, 0.3) is 0 Å². The van der Waals surface area contributed by atoms with E-state index in [0.717, 1.165) is 0 Å². The summed E-state index contributed by atoms with van der Waals surface area (Å²) in [4.78, 5) is 38.0. The summed E-state index contributed by atoms with van der Waals surface area (Å²) >= 11 is 0. The minimum Gasteiger partial charge on any atom is -0.497 e. The van der Waals surface area contributed by atoms with Gasteiger partial charge in [-0.3, -0.25) is 9.59 Å². The van der Waals surface area contributed by atoms with E-state index in [4.69, 9.17) is 14.2 Å². The number of carbonyl (C=O) groups excluding carboxylic acids is 3. The summed E-state index contributed by atoms with van der Waals surface area (Å²) in [5.41, 5.74) is -2.87. The van der Waals surface area contributed by atoms with Gasteiger partial charge in [0.05, 0.1) is 13.7 Å². The number of halogens is 1. The topological polar surface area (TPSA) is 78.9 Å². The predicted molar refractivity (Wildman–Crippen MR) is 96.6 cm³/mol. The van der Waals surface area contributed by atoms with Crippen molar-refractivity contribution in [3.05, 3.63) is 65.7 Å². The normalized spacial score (nSPS) is 23.8. The Hall–Kier alpha value is -3.22. The fourth-order valence-corrected chi connectivity index (χ4v) is 3.21. The van der Waals surface area contributed by atoms with Gasteiger partial charge in [0.25, 0.3) is 5.67 Å². The van der Waals surface area contributed by atoms with Gasteiger partial charge >= 0.3 is 11.9 Å². The van der Waals surface area contributed by atoms with Gasteiger partial charge in [-0.2, -0.15) is 0 Å². The molecule has 0 radical (unpaired) electrons. The highest BCUT2D eigenvalue weighted by molar-refractivity contribution is 6.19. The Morgan fingerprint density at radius 1 is 1.11 bits per heavy atom. The molecule has 28 heavy (non-hydrogen) atoms. The molecule has 1 fully saturated rings. The molecule has 0 aromatic heterocycles. The highest BCUT2D eigenvalue weighted by atomic mass is 19.1. The van der Waals surface area contributed by atoms with Crippen LogP contribution in [0.2, 0.25) is 0 Å². The van der Waals surface area contributed by atoms with Gasteiger partial charge in [0, 0.05) is 5.56 Å². The third kappa shape index (κ3) is 3.24. The molecule has 2 aromatic carbocycles. The first-order chi connectivity index (χ1) is 13.4. The summed E-state index contributed by atoms with van der Waals surface area (Å²) in [5.74, 6) is -4.86. The standard InChI is InChI=1S/C21H19FO6/c1-3-27-19(24)16-17(13-7-5-4-6-8-13)28-20(25)21(16,22)18(23)14-9-11-15(26-2)12-10-14/h4-12,16-17H,3H2,1-2H3/t16-,17-,21+/m0/s1. The van der Waals surface area contributed by atoms with Gasteiger partial charge in [0.2, 0.25) is 5.78 Å². The molecule has 146 valence electrons. The van der Waals surface area contributed by atoms with E-state index in [1.54, 1.807) is 37.3 Å². The SMILES string of the molecule is CCOC(=O)[C@@H]1[C@H](c2ccccc2)OC(=O)[C@]1(F)C(=O)c1ccc(OC)cc1. The molecule has 0 bridgehead atoms. The van der Waals surface area contributed by atoms with Gasteiger partial charge < -0.3 is 14.2 Å². The van der Waals surface area contributed by atoms with Crippen molar-refractivity contribution in [3.8, 4) is 5.75 Å². The van der Waals surface area contributed by atoms with Gasteiger partial charge in [0.15, 0.2) is 5.92 Å². The molecule has 1 aliphatic rings. The summed E-state index contributed by atoms with van der Waals surface area (Å²) in [5, 5.41) is 0. The fourth-order valence-electron chi connectivity index (χ4n) is 3.21. The number of rotatable bonds is 6. The van der Waals surface area contributed by atoms with Crippen LogP contribution in [0.5, 0.6) is 5.75 Å². The van der Waals surface area contributed by atoms with Crippen LogP contribution in [0, 0.1) is 5.92 Å². The number of hydrogen-bond acceptors (Lipinski definition) is 6. The molecule has 0 N–H and O–H groups in total. The van der Waals surface area contributed by atoms with Crippen LogP contribution < -0.4 is 4.74 Å². The lowest BCUT2D eigenvalue weighted by molar-refractivity contribution is -0.153. The summed E-state index contributed by atoms with van der Waals surface area (Å²) in [6.07, 6.45) is -1.26. The van der Waals surface area contributed by atoms with E-state index in [2.05, 4.69) is 0 Å². The highest BCUT2D eigenvalue weighted by Crippen LogP contribution is 2.46. The van der Waals surface area contributed by atoms with Gasteiger partial charge in [-0.15, -0.1) is 0 Å². The Balaban J connectivity index is 2.05. The first kappa shape index (κ1) is 19.5. The molecule has 0 aliphatic carbocycles. The van der Waals surface area contributed by atoms with Crippen LogP contribution in [-0.4, -0.2) is 37.1 Å². The van der Waals surface area contributed by atoms with E-state index in [-0.39, 0.29) is 12.2 Å². The summed E-state index contributed by atoms with van der Waals surface area (Å²) in [6, 6.07) is 13.8. The molecule has 2 aromatic rings. The van der Waals surface area contributed by atoms with E-state index < -0.39 is 35.4 Å². The largest absolute Gasteiger partial charge is 0.497 e. The fraction of sp³-hybridized carbons (Fsp3) is 0.286. The van der Waals surface area contributed by atoms with Crippen LogP contribution in [0.3, 0.4) is 0 Å². The molecule has 1 saturated heterocycles. The molecule has 7 heteroatoms. The van der Waals surface area contributed by atoms with E-state index >= 15 is 4.39 Å². The maximum Gasteiger partial charge on any atom is 0.353 e. The Morgan fingerprint density at radius 3 is 2.32 bits per heavy atom. The molecule has 1 heterocycles. The maximum atomic E-state index is 16.0. The number of cyclic esters (lactones) is 1. The van der Waals surface area contributed by atoms with Crippen LogP contribution in [-0.2, 0) is 19.1 Å². The van der Waals surface area contributed by atoms with Crippen LogP contribution in [0.1, 0.15) is 28.9 Å². The van der Waals surface area contributed by atoms with Gasteiger partial charge in [0.1, 0.15) is 11.9 Å². The third-order valence-electron chi connectivity index (χ3n) is 4.61. The zero-order valence-corrected chi connectivity index (χ0v) is 15.4. The van der Waals surface area contributed by atoms with Crippen molar-refractivity contribution in [1.82, 2.24) is 0 Å². The van der Waals surface area contributed by atoms with E-state index in [0.29, 0.717) is 11.3 Å². The van der Waals surface area contributed by atoms with Gasteiger partial charge in [-0.25, -0.2) is 9.18 Å². The first-order valence-corrected chi connectivity index (χ1v) is 8.73. The molecular weight excluding hydrogens is 367 g/mol. The number of carbonyl (C=O) groups is 3. The van der Waals surface area contributed by atoms with Gasteiger partial charge in [-0.05, 0) is 36.8 Å². The van der Waals surface area contributed by atoms with Gasteiger partial charge in [-0.1, -0.05) is 30.3 Å². The number of ether oxygens (including phenoxy) is 3. The second-order valence-corrected chi connectivity index (χ2v) is 6.24. The van der Waals surface area contributed by atoms with Crippen molar-refractivity contribution in [2.24, 2.45) is 5.92 Å². The second-order valence-electron chi connectivity index (χ2n) is 6.24. The minimum atomic E-state index is -3.19. The lowest BCUT2D eigenvalue weighted by Gasteiger charge is -2.23. The molecule has 0 saturated carbocycles. The third-order valence-corrected chi connectivity index (χ3v) is 4.61. The molecule has 0 amide bonds. The Morgan fingerprint density at radius 2 is 1.75 bits per heavy atom. The molecule has 0 spiro atoms. The second kappa shape index (κ2) is 7.80. The van der Waals surface area contributed by atoms with Crippen molar-refractivity contribution < 1.29 is 33.0 Å². The highest BCUT2D eigenvalue weighted by Gasteiger charge is 2.67. The molecule has 6 nitrogen and oxygen atoms in total. The van der Waals surface area contributed by atoms with Crippen molar-refractivity contribution in [2.45, 2.75) is 18.7 Å². The molecular formula is C21H19FO6. The van der Waals surface area contributed by atoms with Crippen LogP contribution in [0.4, 0.5) is 4.39 Å². The van der Waals surface area contributed by atoms with Crippen LogP contribution in [0.15, 0.2) is 54.6 Å². The first-order valence-electron chi connectivity index (χ1n) is 8.73. The van der Waals surface area contributed by atoms with Crippen LogP contribution >= 0.6 is 0 Å². The lowest BCUT2D eigenvalue weighted by atomic mass is 9.80. The van der Waals surface area contributed by atoms with E-state index in [9.17, 15) is 14.4 Å². The Kier molecular flexibility index (Phi) is 5.44. The zero-order valence-electron chi connectivity index (χ0n) is 15.4. The lowest BCUT2D eigenvalue weighted by Crippen LogP contribution is -2.48. The van der Waals surface area contributed by atoms with Crippen molar-refractivity contribution >= 4 is 17.7 Å². The van der Waals surface area contributed by atoms with Crippen molar-refractivity contribution in [1.29, 1.82) is 0 Å². The number of benzene rings is 2. The van der Waals surface area contributed by atoms with Crippen molar-refractivity contribution in [2.75, 3.05) is 13.7 Å². The Labute approximate surface area is 161 Å². The summed E-state index contributed by atoms with van der Waals surface area (Å²) in [6.45, 7) is 1.52. The number of methoxy groups -OCH3 is 1. The maximum absolute atomic E-state index is 16.0. The number of Topliss-reactive ketones (excluding diaryl/α,β-unsaturated/α-hetero) is 1. The quantitative estimate of drug-likeness (QED) is 0.431.